The molecule has 2 nitrogen and oxygen atoms in total. The summed E-state index contributed by atoms with van der Waals surface area (Å²) in [6.07, 6.45) is 0. The van der Waals surface area contributed by atoms with E-state index in [2.05, 4.69) is 13.8 Å². The maximum absolute atomic E-state index is 9.03. The van der Waals surface area contributed by atoms with Gasteiger partial charge in [0.2, 0.25) is 0 Å². The van der Waals surface area contributed by atoms with Gasteiger partial charge < -0.3 is 9.84 Å². The summed E-state index contributed by atoms with van der Waals surface area (Å²) < 4.78 is 5.22. The van der Waals surface area contributed by atoms with Crippen LogP contribution in [-0.4, -0.2) is 12.2 Å². The largest absolute Gasteiger partial charge is 0.495 e. The summed E-state index contributed by atoms with van der Waals surface area (Å²) >= 11 is 6.02. The third-order valence-electron chi connectivity index (χ3n) is 2.14. The van der Waals surface area contributed by atoms with Gasteiger partial charge in [0, 0.05) is 0 Å². The molecule has 0 saturated heterocycles. The third-order valence-corrected chi connectivity index (χ3v) is 2.42. The molecule has 0 aliphatic carbocycles. The Morgan fingerprint density at radius 2 is 2.07 bits per heavy atom. The normalized spacial score (nSPS) is 10.7. The molecule has 0 heterocycles. The average Bonchev–Trinajstić information content (AvgIpc) is 2.16. The summed E-state index contributed by atoms with van der Waals surface area (Å²) in [6.45, 7) is 4.13. The Morgan fingerprint density at radius 1 is 1.43 bits per heavy atom. The monoisotopic (exact) mass is 214 g/mol. The molecule has 0 aliphatic rings. The maximum Gasteiger partial charge on any atom is 0.140 e. The van der Waals surface area contributed by atoms with Crippen molar-refractivity contribution in [2.75, 3.05) is 7.11 Å². The first-order chi connectivity index (χ1) is 6.60. The minimum atomic E-state index is 0.00341. The Kier molecular flexibility index (Phi) is 3.78. The van der Waals surface area contributed by atoms with Crippen LogP contribution in [0.2, 0.25) is 5.02 Å². The van der Waals surface area contributed by atoms with Crippen molar-refractivity contribution in [1.29, 1.82) is 0 Å². The molecule has 0 spiro atoms. The van der Waals surface area contributed by atoms with Gasteiger partial charge in [0.15, 0.2) is 0 Å². The van der Waals surface area contributed by atoms with Crippen LogP contribution in [0.1, 0.15) is 30.9 Å². The van der Waals surface area contributed by atoms with Gasteiger partial charge in [0.1, 0.15) is 5.75 Å². The van der Waals surface area contributed by atoms with Crippen molar-refractivity contribution in [3.05, 3.63) is 28.3 Å². The first-order valence-corrected chi connectivity index (χ1v) is 4.95. The van der Waals surface area contributed by atoms with E-state index in [1.807, 2.05) is 6.07 Å². The first kappa shape index (κ1) is 11.3. The quantitative estimate of drug-likeness (QED) is 0.839. The fourth-order valence-corrected chi connectivity index (χ4v) is 1.74. The summed E-state index contributed by atoms with van der Waals surface area (Å²) in [4.78, 5) is 0. The molecular weight excluding hydrogens is 200 g/mol. The van der Waals surface area contributed by atoms with Crippen LogP contribution >= 0.6 is 11.6 Å². The molecular formula is C11H15ClO2. The Hall–Kier alpha value is -0.730. The Morgan fingerprint density at radius 3 is 2.50 bits per heavy atom. The molecule has 1 N–H and O–H groups in total. The highest BCUT2D eigenvalue weighted by Gasteiger charge is 2.12. The summed E-state index contributed by atoms with van der Waals surface area (Å²) in [6, 6.07) is 3.65. The summed E-state index contributed by atoms with van der Waals surface area (Å²) in [7, 11) is 1.60. The molecule has 14 heavy (non-hydrogen) atoms. The van der Waals surface area contributed by atoms with Gasteiger partial charge in [-0.25, -0.2) is 0 Å². The van der Waals surface area contributed by atoms with Crippen LogP contribution in [0, 0.1) is 0 Å². The fraction of sp³-hybridized carbons (Fsp3) is 0.455. The van der Waals surface area contributed by atoms with Gasteiger partial charge in [-0.3, -0.25) is 0 Å². The molecule has 1 aromatic rings. The van der Waals surface area contributed by atoms with Crippen molar-refractivity contribution >= 4 is 11.6 Å². The molecule has 0 radical (unpaired) electrons. The Bertz CT molecular complexity index is 321. The topological polar surface area (TPSA) is 29.5 Å². The van der Waals surface area contributed by atoms with Crippen molar-refractivity contribution in [3.8, 4) is 5.75 Å². The Labute approximate surface area is 89.5 Å². The van der Waals surface area contributed by atoms with E-state index in [-0.39, 0.29) is 6.61 Å². The van der Waals surface area contributed by atoms with Gasteiger partial charge in [-0.2, -0.15) is 0 Å². The SMILES string of the molecule is COc1c(Cl)cc(CO)cc1C(C)C. The molecule has 0 fully saturated rings. The maximum atomic E-state index is 9.03. The lowest BCUT2D eigenvalue weighted by molar-refractivity contribution is 0.281. The number of methoxy groups -OCH3 is 1. The van der Waals surface area contributed by atoms with Gasteiger partial charge in [-0.1, -0.05) is 25.4 Å². The van der Waals surface area contributed by atoms with Gasteiger partial charge in [0.25, 0.3) is 0 Å². The zero-order valence-electron chi connectivity index (χ0n) is 8.67. The van der Waals surface area contributed by atoms with Gasteiger partial charge in [0.05, 0.1) is 18.7 Å². The molecule has 1 rings (SSSR count). The molecule has 1 aromatic carbocycles. The minimum Gasteiger partial charge on any atom is -0.495 e. The molecule has 0 saturated carbocycles. The molecule has 0 bridgehead atoms. The van der Waals surface area contributed by atoms with Crippen LogP contribution < -0.4 is 4.74 Å². The van der Waals surface area contributed by atoms with E-state index >= 15 is 0 Å². The predicted molar refractivity (Wildman–Crippen MR) is 58.0 cm³/mol. The number of ether oxygens (including phenoxy) is 1. The van der Waals surface area contributed by atoms with Crippen LogP contribution in [-0.2, 0) is 6.61 Å². The number of hydrogen-bond acceptors (Lipinski definition) is 2. The van der Waals surface area contributed by atoms with E-state index in [1.165, 1.54) is 0 Å². The van der Waals surface area contributed by atoms with Crippen molar-refractivity contribution in [2.24, 2.45) is 0 Å². The molecule has 0 amide bonds. The second-order valence-corrected chi connectivity index (χ2v) is 3.92. The van der Waals surface area contributed by atoms with E-state index in [1.54, 1.807) is 13.2 Å². The summed E-state index contributed by atoms with van der Waals surface area (Å²) in [5.74, 6) is 1.04. The summed E-state index contributed by atoms with van der Waals surface area (Å²) in [5.41, 5.74) is 1.85. The Balaban J connectivity index is 3.28. The highest BCUT2D eigenvalue weighted by Crippen LogP contribution is 2.34. The van der Waals surface area contributed by atoms with Crippen molar-refractivity contribution in [2.45, 2.75) is 26.4 Å². The van der Waals surface area contributed by atoms with Crippen LogP contribution in [0.3, 0.4) is 0 Å². The zero-order valence-corrected chi connectivity index (χ0v) is 9.43. The number of aliphatic hydroxyl groups is 1. The minimum absolute atomic E-state index is 0.00341. The lowest BCUT2D eigenvalue weighted by Gasteiger charge is -2.14. The van der Waals surface area contributed by atoms with E-state index in [9.17, 15) is 0 Å². The van der Waals surface area contributed by atoms with Gasteiger partial charge in [-0.05, 0) is 29.2 Å². The highest BCUT2D eigenvalue weighted by atomic mass is 35.5. The lowest BCUT2D eigenvalue weighted by atomic mass is 10.00. The number of aliphatic hydroxyl groups excluding tert-OH is 1. The van der Waals surface area contributed by atoms with Gasteiger partial charge >= 0.3 is 0 Å². The van der Waals surface area contributed by atoms with E-state index in [0.29, 0.717) is 16.7 Å². The standard InChI is InChI=1S/C11H15ClO2/c1-7(2)9-4-8(6-13)5-10(12)11(9)14-3/h4-5,7,13H,6H2,1-3H3. The first-order valence-electron chi connectivity index (χ1n) is 4.57. The second-order valence-electron chi connectivity index (χ2n) is 3.51. The zero-order chi connectivity index (χ0) is 10.7. The smallest absolute Gasteiger partial charge is 0.140 e. The number of hydrogen-bond donors (Lipinski definition) is 1. The number of benzene rings is 1. The average molecular weight is 215 g/mol. The molecule has 0 atom stereocenters. The van der Waals surface area contributed by atoms with Crippen LogP contribution in [0.5, 0.6) is 5.75 Å². The van der Waals surface area contributed by atoms with Gasteiger partial charge in [-0.15, -0.1) is 0 Å². The van der Waals surface area contributed by atoms with Crippen LogP contribution in [0.4, 0.5) is 0 Å². The number of rotatable bonds is 3. The molecule has 0 unspecified atom stereocenters. The van der Waals surface area contributed by atoms with E-state index in [0.717, 1.165) is 11.1 Å². The van der Waals surface area contributed by atoms with Crippen molar-refractivity contribution < 1.29 is 9.84 Å². The van der Waals surface area contributed by atoms with Crippen LogP contribution in [0.25, 0.3) is 0 Å². The number of halogens is 1. The predicted octanol–water partition coefficient (Wildman–Crippen LogP) is 2.96. The second kappa shape index (κ2) is 4.67. The molecule has 3 heteroatoms. The third kappa shape index (κ3) is 2.20. The molecule has 0 aromatic heterocycles. The van der Waals surface area contributed by atoms with E-state index in [4.69, 9.17) is 21.4 Å². The van der Waals surface area contributed by atoms with E-state index < -0.39 is 0 Å². The van der Waals surface area contributed by atoms with Crippen molar-refractivity contribution in [3.63, 3.8) is 0 Å². The summed E-state index contributed by atoms with van der Waals surface area (Å²) in [5, 5.41) is 9.59. The molecule has 0 aliphatic heterocycles. The fourth-order valence-electron chi connectivity index (χ4n) is 1.41. The van der Waals surface area contributed by atoms with Crippen molar-refractivity contribution in [1.82, 2.24) is 0 Å². The highest BCUT2D eigenvalue weighted by molar-refractivity contribution is 6.32. The van der Waals surface area contributed by atoms with Crippen LogP contribution in [0.15, 0.2) is 12.1 Å². The molecule has 78 valence electrons. The lowest BCUT2D eigenvalue weighted by Crippen LogP contribution is -1.97.